The zero-order chi connectivity index (χ0) is 21.3. The molecule has 2 heterocycles. The number of amides is 3. The van der Waals surface area contributed by atoms with Crippen LogP contribution >= 0.6 is 27.7 Å². The van der Waals surface area contributed by atoms with Gasteiger partial charge in [-0.1, -0.05) is 34.1 Å². The van der Waals surface area contributed by atoms with Crippen molar-refractivity contribution in [2.24, 2.45) is 0 Å². The van der Waals surface area contributed by atoms with E-state index >= 15 is 0 Å². The van der Waals surface area contributed by atoms with E-state index in [-0.39, 0.29) is 10.5 Å². The quantitative estimate of drug-likeness (QED) is 0.439. The molecule has 1 aliphatic rings. The molecule has 0 unspecified atom stereocenters. The van der Waals surface area contributed by atoms with Gasteiger partial charge in [-0.25, -0.2) is 4.79 Å². The molecule has 2 aromatic carbocycles. The highest BCUT2D eigenvalue weighted by Gasteiger charge is 2.36. The number of rotatable bonds is 4. The summed E-state index contributed by atoms with van der Waals surface area (Å²) < 4.78 is 6.10. The van der Waals surface area contributed by atoms with Crippen molar-refractivity contribution in [1.82, 2.24) is 4.90 Å². The lowest BCUT2D eigenvalue weighted by atomic mass is 10.2. The summed E-state index contributed by atoms with van der Waals surface area (Å²) in [6.45, 7) is -0.426. The Kier molecular flexibility index (Phi) is 5.56. The second-order valence-corrected chi connectivity index (χ2v) is 8.26. The number of fused-ring (bicyclic) bond motifs is 1. The minimum atomic E-state index is -0.636. The van der Waals surface area contributed by atoms with Crippen molar-refractivity contribution >= 4 is 67.5 Å². The maximum absolute atomic E-state index is 12.6. The maximum Gasteiger partial charge on any atom is 0.343 e. The monoisotopic (exact) mass is 484 g/mol. The molecular weight excluding hydrogens is 472 g/mol. The third-order valence-corrected chi connectivity index (χ3v) is 5.69. The normalized spacial score (nSPS) is 15.2. The standard InChI is InChI=1S/C21H13BrN2O5S/c22-14-5-7-15(8-6-14)23-18(25)11-24-19(26)17(30-21(24)28)10-13-9-12-3-1-2-4-16(12)29-20(13)27/h1-10H,11H2,(H,23,25). The third kappa shape index (κ3) is 4.22. The number of carbonyl (C=O) groups excluding carboxylic acids is 3. The Morgan fingerprint density at radius 1 is 1.10 bits per heavy atom. The third-order valence-electron chi connectivity index (χ3n) is 4.26. The molecule has 7 nitrogen and oxygen atoms in total. The fourth-order valence-electron chi connectivity index (χ4n) is 2.83. The molecule has 1 saturated heterocycles. The number of carbonyl (C=O) groups is 3. The van der Waals surface area contributed by atoms with E-state index < -0.39 is 29.2 Å². The number of para-hydroxylation sites is 1. The van der Waals surface area contributed by atoms with E-state index in [2.05, 4.69) is 21.2 Å². The van der Waals surface area contributed by atoms with Crippen molar-refractivity contribution in [2.75, 3.05) is 11.9 Å². The van der Waals surface area contributed by atoms with E-state index in [1.54, 1.807) is 54.6 Å². The molecule has 0 saturated carbocycles. The highest BCUT2D eigenvalue weighted by molar-refractivity contribution is 9.10. The lowest BCUT2D eigenvalue weighted by Gasteiger charge is -2.12. The molecule has 4 rings (SSSR count). The largest absolute Gasteiger partial charge is 0.422 e. The number of halogens is 1. The Balaban J connectivity index is 1.52. The molecule has 9 heteroatoms. The Morgan fingerprint density at radius 3 is 2.60 bits per heavy atom. The van der Waals surface area contributed by atoms with Crippen LogP contribution < -0.4 is 10.9 Å². The lowest BCUT2D eigenvalue weighted by Crippen LogP contribution is -2.36. The highest BCUT2D eigenvalue weighted by atomic mass is 79.9. The van der Waals surface area contributed by atoms with Crippen LogP contribution in [0.3, 0.4) is 0 Å². The minimum Gasteiger partial charge on any atom is -0.422 e. The van der Waals surface area contributed by atoms with Crippen molar-refractivity contribution in [1.29, 1.82) is 0 Å². The molecule has 0 spiro atoms. The zero-order valence-electron chi connectivity index (χ0n) is 15.3. The number of nitrogens with zero attached hydrogens (tertiary/aromatic N) is 1. The van der Waals surface area contributed by atoms with E-state index in [1.807, 2.05) is 0 Å². The van der Waals surface area contributed by atoms with E-state index in [9.17, 15) is 19.2 Å². The average Bonchev–Trinajstić information content (AvgIpc) is 2.97. The van der Waals surface area contributed by atoms with Crippen molar-refractivity contribution in [3.63, 3.8) is 0 Å². The first-order chi connectivity index (χ1) is 14.4. The summed E-state index contributed by atoms with van der Waals surface area (Å²) in [6.07, 6.45) is 1.32. The smallest absolute Gasteiger partial charge is 0.343 e. The van der Waals surface area contributed by atoms with Crippen molar-refractivity contribution in [2.45, 2.75) is 0 Å². The number of hydrogen-bond acceptors (Lipinski definition) is 6. The zero-order valence-corrected chi connectivity index (χ0v) is 17.7. The average molecular weight is 485 g/mol. The van der Waals surface area contributed by atoms with Gasteiger partial charge in [0.05, 0.1) is 10.5 Å². The molecule has 0 aliphatic carbocycles. The molecule has 150 valence electrons. The summed E-state index contributed by atoms with van der Waals surface area (Å²) in [5.74, 6) is -1.14. The van der Waals surface area contributed by atoms with Crippen molar-refractivity contribution in [3.05, 3.63) is 80.0 Å². The second kappa shape index (κ2) is 8.29. The topological polar surface area (TPSA) is 96.7 Å². The van der Waals surface area contributed by atoms with Crippen LogP contribution in [0.4, 0.5) is 10.5 Å². The molecule has 1 N–H and O–H groups in total. The molecule has 1 fully saturated rings. The van der Waals surface area contributed by atoms with Crippen LogP contribution in [-0.2, 0) is 9.59 Å². The Labute approximate surface area is 182 Å². The molecule has 3 amide bonds. The number of thioether (sulfide) groups is 1. The van der Waals surface area contributed by atoms with Crippen molar-refractivity contribution in [3.8, 4) is 0 Å². The molecule has 0 bridgehead atoms. The van der Waals surface area contributed by atoms with E-state index in [0.717, 1.165) is 9.37 Å². The van der Waals surface area contributed by atoms with Crippen LogP contribution in [0.5, 0.6) is 0 Å². The van der Waals surface area contributed by atoms with Gasteiger partial charge < -0.3 is 9.73 Å². The molecule has 0 radical (unpaired) electrons. The van der Waals surface area contributed by atoms with Gasteiger partial charge in [0, 0.05) is 15.5 Å². The van der Waals surface area contributed by atoms with Crippen LogP contribution in [0.25, 0.3) is 17.0 Å². The van der Waals surface area contributed by atoms with Crippen molar-refractivity contribution < 1.29 is 18.8 Å². The van der Waals surface area contributed by atoms with Crippen LogP contribution in [0.15, 0.2) is 73.2 Å². The lowest BCUT2D eigenvalue weighted by molar-refractivity contribution is -0.127. The van der Waals surface area contributed by atoms with E-state index in [4.69, 9.17) is 4.42 Å². The van der Waals surface area contributed by atoms with E-state index in [1.165, 1.54) is 6.08 Å². The fourth-order valence-corrected chi connectivity index (χ4v) is 3.93. The van der Waals surface area contributed by atoms with Gasteiger partial charge in [-0.05, 0) is 54.2 Å². The van der Waals surface area contributed by atoms with Crippen LogP contribution in [-0.4, -0.2) is 28.5 Å². The van der Waals surface area contributed by atoms with Gasteiger partial charge in [-0.2, -0.15) is 0 Å². The second-order valence-electron chi connectivity index (χ2n) is 6.35. The number of hydrogen-bond donors (Lipinski definition) is 1. The fraction of sp³-hybridized carbons (Fsp3) is 0.0476. The summed E-state index contributed by atoms with van der Waals surface area (Å²) in [4.78, 5) is 50.2. The molecule has 30 heavy (non-hydrogen) atoms. The number of anilines is 1. The first kappa shape index (κ1) is 20.1. The predicted molar refractivity (Wildman–Crippen MR) is 118 cm³/mol. The summed E-state index contributed by atoms with van der Waals surface area (Å²) in [5, 5.41) is 2.74. The maximum atomic E-state index is 12.6. The minimum absolute atomic E-state index is 0.0547. The van der Waals surface area contributed by atoms with Crippen LogP contribution in [0, 0.1) is 0 Å². The van der Waals surface area contributed by atoms with Gasteiger partial charge in [-0.3, -0.25) is 19.3 Å². The number of nitrogens with one attached hydrogen (secondary N) is 1. The van der Waals surface area contributed by atoms with Crippen LogP contribution in [0.2, 0.25) is 0 Å². The first-order valence-corrected chi connectivity index (χ1v) is 10.4. The van der Waals surface area contributed by atoms with Gasteiger partial charge in [0.15, 0.2) is 0 Å². The molecule has 3 aromatic rings. The summed E-state index contributed by atoms with van der Waals surface area (Å²) in [5.41, 5.74) is 0.504. The Bertz CT molecular complexity index is 1270. The molecule has 0 atom stereocenters. The molecule has 1 aromatic heterocycles. The summed E-state index contributed by atoms with van der Waals surface area (Å²) in [7, 11) is 0. The Hall–Kier alpha value is -3.17. The van der Waals surface area contributed by atoms with Crippen LogP contribution in [0.1, 0.15) is 5.56 Å². The first-order valence-electron chi connectivity index (χ1n) is 8.74. The molecule has 1 aliphatic heterocycles. The van der Waals surface area contributed by atoms with Gasteiger partial charge >= 0.3 is 5.63 Å². The highest BCUT2D eigenvalue weighted by Crippen LogP contribution is 2.32. The SMILES string of the molecule is O=C(CN1C(=O)SC(=Cc2cc3ccccc3oc2=O)C1=O)Nc1ccc(Br)cc1. The number of imide groups is 1. The molecular formula is C21H13BrN2O5S. The van der Waals surface area contributed by atoms with Gasteiger partial charge in [0.2, 0.25) is 5.91 Å². The summed E-state index contributed by atoms with van der Waals surface area (Å²) >= 11 is 3.97. The van der Waals surface area contributed by atoms with E-state index in [0.29, 0.717) is 28.4 Å². The summed E-state index contributed by atoms with van der Waals surface area (Å²) in [6, 6.07) is 15.5. The van der Waals surface area contributed by atoms with Gasteiger partial charge in [-0.15, -0.1) is 0 Å². The van der Waals surface area contributed by atoms with Gasteiger partial charge in [0.25, 0.3) is 11.1 Å². The van der Waals surface area contributed by atoms with Gasteiger partial charge in [0.1, 0.15) is 12.1 Å². The predicted octanol–water partition coefficient (Wildman–Crippen LogP) is 4.23. The Morgan fingerprint density at radius 2 is 1.83 bits per heavy atom. The number of benzene rings is 2.